The van der Waals surface area contributed by atoms with Gasteiger partial charge >= 0.3 is 18.0 Å². The van der Waals surface area contributed by atoms with Crippen LogP contribution in [0.4, 0.5) is 20.6 Å². The van der Waals surface area contributed by atoms with E-state index in [1.54, 1.807) is 17.0 Å². The van der Waals surface area contributed by atoms with Gasteiger partial charge in [-0.2, -0.15) is 0 Å². The molecule has 11 heteroatoms. The number of carboxylic acid groups (broad SMARTS) is 2. The lowest BCUT2D eigenvalue weighted by Gasteiger charge is -2.36. The van der Waals surface area contributed by atoms with Gasteiger partial charge in [0.1, 0.15) is 5.82 Å². The molecule has 0 spiro atoms. The standard InChI is InChI=1S/C23H26FN5O.C2H2O4/c24-18-1-4-22-20(14-18)17(15-29(22)23(25)30)6-8-27-9-11-28(12-10-27)19-2-3-21-16(13-19)5-7-26-21;3-1(4)2(5)6/h1-5,7,13-14,17,26H,6,8-12,15H2,(H2,25,30);(H,3,4)(H,5,6). The molecule has 1 atom stereocenters. The zero-order valence-electron chi connectivity index (χ0n) is 19.6. The van der Waals surface area contributed by atoms with Crippen LogP contribution in [0.5, 0.6) is 0 Å². The van der Waals surface area contributed by atoms with Crippen LogP contribution >= 0.6 is 0 Å². The Kier molecular flexibility index (Phi) is 7.39. The molecule has 3 aromatic rings. The van der Waals surface area contributed by atoms with Crippen LogP contribution in [0.15, 0.2) is 48.7 Å². The SMILES string of the molecule is NC(=O)N1CC(CCN2CCN(c3ccc4[nH]ccc4c3)CC2)c2cc(F)ccc21.O=C(O)C(=O)O. The molecule has 1 saturated heterocycles. The molecule has 2 aliphatic heterocycles. The predicted octanol–water partition coefficient (Wildman–Crippen LogP) is 2.66. The van der Waals surface area contributed by atoms with E-state index in [2.05, 4.69) is 39.0 Å². The van der Waals surface area contributed by atoms with Crippen LogP contribution in [0.1, 0.15) is 17.9 Å². The molecule has 5 rings (SSSR count). The topological polar surface area (TPSA) is 143 Å². The number of halogens is 1. The number of nitrogens with zero attached hydrogens (tertiary/aromatic N) is 3. The number of aromatic nitrogens is 1. The summed E-state index contributed by atoms with van der Waals surface area (Å²) in [6, 6.07) is 12.8. The first-order chi connectivity index (χ1) is 17.2. The van der Waals surface area contributed by atoms with Crippen molar-refractivity contribution in [2.45, 2.75) is 12.3 Å². The van der Waals surface area contributed by atoms with Crippen LogP contribution in [0.3, 0.4) is 0 Å². The van der Waals surface area contributed by atoms with Gasteiger partial charge < -0.3 is 25.8 Å². The minimum absolute atomic E-state index is 0.122. The van der Waals surface area contributed by atoms with Gasteiger partial charge in [-0.1, -0.05) is 0 Å². The number of rotatable bonds is 4. The number of aromatic amines is 1. The first kappa shape index (κ1) is 25.0. The second-order valence-corrected chi connectivity index (χ2v) is 8.83. The van der Waals surface area contributed by atoms with Crippen molar-refractivity contribution in [3.05, 3.63) is 60.0 Å². The number of benzene rings is 2. The van der Waals surface area contributed by atoms with Gasteiger partial charge in [-0.25, -0.2) is 18.8 Å². The smallest absolute Gasteiger partial charge is 0.414 e. The number of hydrogen-bond donors (Lipinski definition) is 4. The molecular formula is C25H28FN5O5. The molecule has 10 nitrogen and oxygen atoms in total. The molecule has 1 unspecified atom stereocenters. The van der Waals surface area contributed by atoms with E-state index in [1.807, 2.05) is 6.20 Å². The molecule has 0 saturated carbocycles. The van der Waals surface area contributed by atoms with E-state index in [0.29, 0.717) is 6.54 Å². The Bertz CT molecular complexity index is 1260. The summed E-state index contributed by atoms with van der Waals surface area (Å²) in [6.07, 6.45) is 2.86. The fraction of sp³-hybridized carbons (Fsp3) is 0.320. The first-order valence-electron chi connectivity index (χ1n) is 11.6. The maximum absolute atomic E-state index is 13.8. The molecule has 0 bridgehead atoms. The predicted molar refractivity (Wildman–Crippen MR) is 133 cm³/mol. The van der Waals surface area contributed by atoms with Crippen molar-refractivity contribution < 1.29 is 29.0 Å². The van der Waals surface area contributed by atoms with Gasteiger partial charge in [-0.15, -0.1) is 0 Å². The summed E-state index contributed by atoms with van der Waals surface area (Å²) >= 11 is 0. The molecule has 2 aliphatic rings. The fourth-order valence-corrected chi connectivity index (χ4v) is 4.78. The third-order valence-corrected chi connectivity index (χ3v) is 6.64. The highest BCUT2D eigenvalue weighted by Gasteiger charge is 2.32. The molecule has 3 heterocycles. The second kappa shape index (κ2) is 10.6. The van der Waals surface area contributed by atoms with E-state index >= 15 is 0 Å². The van der Waals surface area contributed by atoms with Gasteiger partial charge in [0, 0.05) is 67.1 Å². The molecule has 190 valence electrons. The van der Waals surface area contributed by atoms with E-state index in [1.165, 1.54) is 17.1 Å². The van der Waals surface area contributed by atoms with Crippen molar-refractivity contribution in [3.8, 4) is 0 Å². The Hall–Kier alpha value is -4.12. The number of anilines is 2. The van der Waals surface area contributed by atoms with E-state index in [4.69, 9.17) is 25.5 Å². The van der Waals surface area contributed by atoms with Crippen molar-refractivity contribution in [1.29, 1.82) is 0 Å². The molecule has 36 heavy (non-hydrogen) atoms. The van der Waals surface area contributed by atoms with Gasteiger partial charge in [0.2, 0.25) is 0 Å². The van der Waals surface area contributed by atoms with Gasteiger partial charge in [0.15, 0.2) is 0 Å². The number of H-pyrrole nitrogens is 1. The monoisotopic (exact) mass is 497 g/mol. The summed E-state index contributed by atoms with van der Waals surface area (Å²) in [6.45, 7) is 5.42. The Labute approximate surface area is 206 Å². The summed E-state index contributed by atoms with van der Waals surface area (Å²) in [4.78, 5) is 39.7. The number of hydrogen-bond acceptors (Lipinski definition) is 5. The molecule has 2 amide bonds. The third-order valence-electron chi connectivity index (χ3n) is 6.64. The van der Waals surface area contributed by atoms with Gasteiger partial charge in [-0.3, -0.25) is 9.80 Å². The fourth-order valence-electron chi connectivity index (χ4n) is 4.78. The van der Waals surface area contributed by atoms with Gasteiger partial charge in [0.25, 0.3) is 0 Å². The lowest BCUT2D eigenvalue weighted by Crippen LogP contribution is -2.47. The van der Waals surface area contributed by atoms with E-state index in [0.717, 1.165) is 55.9 Å². The van der Waals surface area contributed by atoms with Gasteiger partial charge in [-0.05, 0) is 61.0 Å². The quantitative estimate of drug-likeness (QED) is 0.406. The van der Waals surface area contributed by atoms with Crippen LogP contribution in [0.25, 0.3) is 10.9 Å². The zero-order valence-corrected chi connectivity index (χ0v) is 19.6. The van der Waals surface area contributed by atoms with Crippen molar-refractivity contribution in [1.82, 2.24) is 9.88 Å². The highest BCUT2D eigenvalue weighted by atomic mass is 19.1. The third kappa shape index (κ3) is 5.57. The molecule has 0 aliphatic carbocycles. The number of fused-ring (bicyclic) bond motifs is 2. The Morgan fingerprint density at radius 2 is 1.72 bits per heavy atom. The molecule has 1 aromatic heterocycles. The molecule has 1 fully saturated rings. The van der Waals surface area contributed by atoms with Crippen LogP contribution in [0.2, 0.25) is 0 Å². The Morgan fingerprint density at radius 3 is 2.39 bits per heavy atom. The molecule has 5 N–H and O–H groups in total. The summed E-state index contributed by atoms with van der Waals surface area (Å²) in [5, 5.41) is 16.0. The first-order valence-corrected chi connectivity index (χ1v) is 11.6. The number of carbonyl (C=O) groups excluding carboxylic acids is 1. The average molecular weight is 498 g/mol. The zero-order chi connectivity index (χ0) is 25.8. The number of carboxylic acids is 2. The number of amides is 2. The van der Waals surface area contributed by atoms with E-state index < -0.39 is 18.0 Å². The minimum atomic E-state index is -1.82. The lowest BCUT2D eigenvalue weighted by molar-refractivity contribution is -0.159. The number of primary amides is 1. The van der Waals surface area contributed by atoms with E-state index in [-0.39, 0.29) is 11.7 Å². The Morgan fingerprint density at radius 1 is 1.00 bits per heavy atom. The second-order valence-electron chi connectivity index (χ2n) is 8.83. The van der Waals surface area contributed by atoms with Crippen molar-refractivity contribution in [3.63, 3.8) is 0 Å². The van der Waals surface area contributed by atoms with Crippen molar-refractivity contribution >= 4 is 40.2 Å². The number of urea groups is 1. The summed E-state index contributed by atoms with van der Waals surface area (Å²) < 4.78 is 13.8. The lowest BCUT2D eigenvalue weighted by atomic mass is 9.97. The summed E-state index contributed by atoms with van der Waals surface area (Å²) in [7, 11) is 0. The highest BCUT2D eigenvalue weighted by Crippen LogP contribution is 2.38. The summed E-state index contributed by atoms with van der Waals surface area (Å²) in [5.74, 6) is -3.79. The number of nitrogens with two attached hydrogens (primary N) is 1. The van der Waals surface area contributed by atoms with Crippen LogP contribution in [-0.2, 0) is 9.59 Å². The highest BCUT2D eigenvalue weighted by molar-refractivity contribution is 6.27. The molecular weight excluding hydrogens is 469 g/mol. The largest absolute Gasteiger partial charge is 0.473 e. The van der Waals surface area contributed by atoms with E-state index in [9.17, 15) is 9.18 Å². The number of nitrogens with one attached hydrogen (secondary N) is 1. The normalized spacial score (nSPS) is 17.4. The van der Waals surface area contributed by atoms with Crippen LogP contribution < -0.4 is 15.5 Å². The van der Waals surface area contributed by atoms with Gasteiger partial charge in [0.05, 0.1) is 0 Å². The number of carbonyl (C=O) groups is 3. The number of aliphatic carboxylic acids is 2. The average Bonchev–Trinajstić information content (AvgIpc) is 3.47. The maximum atomic E-state index is 13.8. The Balaban J connectivity index is 0.000000455. The molecule has 2 aromatic carbocycles. The van der Waals surface area contributed by atoms with Crippen molar-refractivity contribution in [2.75, 3.05) is 49.1 Å². The number of piperazine rings is 1. The summed E-state index contributed by atoms with van der Waals surface area (Å²) in [5.41, 5.74) is 9.60. The maximum Gasteiger partial charge on any atom is 0.414 e. The van der Waals surface area contributed by atoms with Crippen LogP contribution in [-0.4, -0.2) is 77.3 Å². The van der Waals surface area contributed by atoms with Crippen LogP contribution in [0, 0.1) is 5.82 Å². The molecule has 0 radical (unpaired) electrons. The van der Waals surface area contributed by atoms with Crippen molar-refractivity contribution in [2.24, 2.45) is 5.73 Å². The minimum Gasteiger partial charge on any atom is -0.473 e.